The summed E-state index contributed by atoms with van der Waals surface area (Å²) < 4.78 is 70.7. The molecule has 4 aromatic carbocycles. The van der Waals surface area contributed by atoms with Crippen molar-refractivity contribution in [2.24, 2.45) is 0 Å². The molecule has 1 heterocycles. The first-order chi connectivity index (χ1) is 23.4. The van der Waals surface area contributed by atoms with Gasteiger partial charge in [0, 0.05) is 7.11 Å². The van der Waals surface area contributed by atoms with E-state index in [1.54, 1.807) is 6.92 Å². The van der Waals surface area contributed by atoms with E-state index in [0.29, 0.717) is 6.61 Å². The highest BCUT2D eigenvalue weighted by Crippen LogP contribution is 2.39. The normalized spacial score (nSPS) is 22.8. The van der Waals surface area contributed by atoms with E-state index in [-0.39, 0.29) is 33.0 Å². The third kappa shape index (κ3) is 10.0. The number of methoxy groups -OCH3 is 1. The SMILES string of the molecule is CCOS(=O)(=O)C[C@]1(OC)O[C@H](COCc2ccccc2)[C@@H](OCc2ccccc2)[C@H](OCc2ccccc2)[C@H]1OCc1ccccc1. The van der Waals surface area contributed by atoms with E-state index >= 15 is 0 Å². The van der Waals surface area contributed by atoms with Crippen molar-refractivity contribution in [3.63, 3.8) is 0 Å². The third-order valence-corrected chi connectivity index (χ3v) is 9.38. The van der Waals surface area contributed by atoms with Gasteiger partial charge in [0.25, 0.3) is 10.1 Å². The molecule has 0 aromatic heterocycles. The van der Waals surface area contributed by atoms with E-state index in [9.17, 15) is 8.42 Å². The molecule has 0 aliphatic carbocycles. The quantitative estimate of drug-likeness (QED) is 0.116. The van der Waals surface area contributed by atoms with Crippen molar-refractivity contribution in [2.75, 3.05) is 26.1 Å². The Hall–Kier alpha value is -3.45. The molecule has 4 aromatic rings. The summed E-state index contributed by atoms with van der Waals surface area (Å²) >= 11 is 0. The summed E-state index contributed by atoms with van der Waals surface area (Å²) in [4.78, 5) is 0. The van der Waals surface area contributed by atoms with E-state index < -0.39 is 46.1 Å². The van der Waals surface area contributed by atoms with Gasteiger partial charge in [0.05, 0.1) is 39.6 Å². The van der Waals surface area contributed by atoms with Crippen LogP contribution in [0.2, 0.25) is 0 Å². The van der Waals surface area contributed by atoms with E-state index in [1.807, 2.05) is 121 Å². The highest BCUT2D eigenvalue weighted by atomic mass is 32.2. The monoisotopic (exact) mass is 676 g/mol. The molecule has 0 radical (unpaired) electrons. The van der Waals surface area contributed by atoms with Crippen molar-refractivity contribution >= 4 is 10.1 Å². The first-order valence-corrected chi connectivity index (χ1v) is 17.7. The molecule has 1 saturated heterocycles. The van der Waals surface area contributed by atoms with Crippen LogP contribution in [0.25, 0.3) is 0 Å². The van der Waals surface area contributed by atoms with Crippen molar-refractivity contribution in [1.29, 1.82) is 0 Å². The Kier molecular flexibility index (Phi) is 13.3. The summed E-state index contributed by atoms with van der Waals surface area (Å²) in [7, 11) is -2.73. The Morgan fingerprint density at radius 2 is 1.06 bits per heavy atom. The second-order valence-corrected chi connectivity index (χ2v) is 13.2. The zero-order chi connectivity index (χ0) is 33.7. The lowest BCUT2D eigenvalue weighted by molar-refractivity contribution is -0.369. The van der Waals surface area contributed by atoms with Crippen LogP contribution in [0.5, 0.6) is 0 Å². The van der Waals surface area contributed by atoms with Gasteiger partial charge >= 0.3 is 0 Å². The highest BCUT2D eigenvalue weighted by Gasteiger charge is 2.59. The smallest absolute Gasteiger partial charge is 0.272 e. The highest BCUT2D eigenvalue weighted by molar-refractivity contribution is 7.86. The second kappa shape index (κ2) is 17.8. The second-order valence-electron chi connectivity index (χ2n) is 11.5. The molecule has 0 saturated carbocycles. The van der Waals surface area contributed by atoms with Gasteiger partial charge in [-0.25, -0.2) is 0 Å². The first-order valence-electron chi connectivity index (χ1n) is 16.1. The molecule has 256 valence electrons. The zero-order valence-electron chi connectivity index (χ0n) is 27.4. The topological polar surface area (TPSA) is 98.8 Å². The van der Waals surface area contributed by atoms with E-state index in [2.05, 4.69) is 0 Å². The number of benzene rings is 4. The van der Waals surface area contributed by atoms with Crippen LogP contribution < -0.4 is 0 Å². The minimum absolute atomic E-state index is 0.0436. The number of ether oxygens (including phenoxy) is 6. The van der Waals surface area contributed by atoms with E-state index in [1.165, 1.54) is 7.11 Å². The Labute approximate surface area is 283 Å². The molecule has 0 bridgehead atoms. The molecule has 1 aliphatic rings. The molecule has 5 rings (SSSR count). The summed E-state index contributed by atoms with van der Waals surface area (Å²) in [6.07, 6.45) is -3.48. The van der Waals surface area contributed by atoms with Gasteiger partial charge in [0.2, 0.25) is 5.79 Å². The van der Waals surface area contributed by atoms with E-state index in [4.69, 9.17) is 32.6 Å². The number of hydrogen-bond donors (Lipinski definition) is 0. The van der Waals surface area contributed by atoms with Gasteiger partial charge in [-0.05, 0) is 29.2 Å². The predicted molar refractivity (Wildman–Crippen MR) is 181 cm³/mol. The fourth-order valence-electron chi connectivity index (χ4n) is 5.73. The Bertz CT molecular complexity index is 1590. The molecule has 9 nitrogen and oxygen atoms in total. The van der Waals surface area contributed by atoms with E-state index in [0.717, 1.165) is 22.3 Å². The predicted octanol–water partition coefficient (Wildman–Crippen LogP) is 6.07. The molecule has 0 spiro atoms. The van der Waals surface area contributed by atoms with Crippen molar-refractivity contribution in [3.05, 3.63) is 144 Å². The molecule has 5 atom stereocenters. The van der Waals surface area contributed by atoms with Gasteiger partial charge in [-0.3, -0.25) is 4.18 Å². The van der Waals surface area contributed by atoms with Crippen LogP contribution in [0.4, 0.5) is 0 Å². The Morgan fingerprint density at radius 1 is 0.625 bits per heavy atom. The molecule has 0 N–H and O–H groups in total. The molecule has 10 heteroatoms. The van der Waals surface area contributed by atoms with Crippen molar-refractivity contribution in [1.82, 2.24) is 0 Å². The van der Waals surface area contributed by atoms with Gasteiger partial charge in [-0.15, -0.1) is 0 Å². The summed E-state index contributed by atoms with van der Waals surface area (Å²) in [5.41, 5.74) is 3.74. The maximum absolute atomic E-state index is 13.3. The lowest BCUT2D eigenvalue weighted by Crippen LogP contribution is -2.69. The molecular weight excluding hydrogens is 632 g/mol. The van der Waals surface area contributed by atoms with Crippen LogP contribution in [0.3, 0.4) is 0 Å². The van der Waals surface area contributed by atoms with Gasteiger partial charge in [0.15, 0.2) is 0 Å². The van der Waals surface area contributed by atoms with Crippen LogP contribution in [0.1, 0.15) is 29.2 Å². The first kappa shape index (κ1) is 35.8. The van der Waals surface area contributed by atoms with Gasteiger partial charge in [-0.2, -0.15) is 8.42 Å². The summed E-state index contributed by atoms with van der Waals surface area (Å²) in [5, 5.41) is 0. The standard InChI is InChI=1S/C38H44O9S/c1-3-46-48(39,40)29-38(41-2)37(45-27-33-22-14-7-15-23-33)36(44-26-32-20-12-6-13-21-32)35(43-25-31-18-10-5-11-19-31)34(47-38)28-42-24-30-16-8-4-9-17-30/h4-23,34-37H,3,24-29H2,1-2H3/t34-,35-,36+,37-,38+/m1/s1. The van der Waals surface area contributed by atoms with Crippen LogP contribution in [-0.2, 0) is 69.1 Å². The Morgan fingerprint density at radius 3 is 1.52 bits per heavy atom. The molecule has 48 heavy (non-hydrogen) atoms. The molecule has 0 unspecified atom stereocenters. The maximum atomic E-state index is 13.3. The van der Waals surface area contributed by atoms with Crippen molar-refractivity contribution in [2.45, 2.75) is 63.6 Å². The maximum Gasteiger partial charge on any atom is 0.272 e. The fraction of sp³-hybridized carbons (Fsp3) is 0.368. The van der Waals surface area contributed by atoms with Crippen molar-refractivity contribution in [3.8, 4) is 0 Å². The van der Waals surface area contributed by atoms with Crippen molar-refractivity contribution < 1.29 is 41.0 Å². The summed E-state index contributed by atoms with van der Waals surface area (Å²) in [6.45, 7) is 2.53. The van der Waals surface area contributed by atoms with Gasteiger partial charge in [-0.1, -0.05) is 121 Å². The third-order valence-electron chi connectivity index (χ3n) is 8.03. The minimum Gasteiger partial charge on any atom is -0.374 e. The lowest BCUT2D eigenvalue weighted by atomic mass is 9.92. The summed E-state index contributed by atoms with van der Waals surface area (Å²) in [5.74, 6) is -2.48. The average molecular weight is 677 g/mol. The molecule has 1 fully saturated rings. The lowest BCUT2D eigenvalue weighted by Gasteiger charge is -2.51. The summed E-state index contributed by atoms with van der Waals surface area (Å²) in [6, 6.07) is 38.9. The van der Waals surface area contributed by atoms with Gasteiger partial charge in [0.1, 0.15) is 30.2 Å². The van der Waals surface area contributed by atoms with Crippen LogP contribution >= 0.6 is 0 Å². The van der Waals surface area contributed by atoms with Crippen LogP contribution in [-0.4, -0.2) is 64.7 Å². The number of rotatable bonds is 18. The Balaban J connectivity index is 1.53. The van der Waals surface area contributed by atoms with Gasteiger partial charge < -0.3 is 28.4 Å². The average Bonchev–Trinajstić information content (AvgIpc) is 3.11. The zero-order valence-corrected chi connectivity index (χ0v) is 28.2. The fourth-order valence-corrected chi connectivity index (χ4v) is 7.01. The van der Waals surface area contributed by atoms with Crippen LogP contribution in [0, 0.1) is 0 Å². The molecule has 1 aliphatic heterocycles. The largest absolute Gasteiger partial charge is 0.374 e. The molecule has 0 amide bonds. The van der Waals surface area contributed by atoms with Crippen LogP contribution in [0.15, 0.2) is 121 Å². The number of hydrogen-bond acceptors (Lipinski definition) is 9. The minimum atomic E-state index is -4.14. The molecular formula is C38H44O9S.